The number of nitrogen functional groups attached to an aromatic ring is 1. The summed E-state index contributed by atoms with van der Waals surface area (Å²) in [7, 11) is 1.52. The third-order valence-electron chi connectivity index (χ3n) is 4.48. The summed E-state index contributed by atoms with van der Waals surface area (Å²) >= 11 is 0. The first-order valence-corrected chi connectivity index (χ1v) is 9.07. The number of carbonyl (C=O) groups excluding carboxylic acids is 1. The van der Waals surface area contributed by atoms with Gasteiger partial charge in [0.25, 0.3) is 5.56 Å². The number of H-pyrrole nitrogens is 1. The van der Waals surface area contributed by atoms with Crippen LogP contribution in [0.25, 0.3) is 0 Å². The van der Waals surface area contributed by atoms with E-state index >= 15 is 0 Å². The molecular weight excluding hydrogens is 384 g/mol. The summed E-state index contributed by atoms with van der Waals surface area (Å²) in [5.74, 6) is -0.486. The minimum Gasteiger partial charge on any atom is -0.383 e. The second-order valence-electron chi connectivity index (χ2n) is 6.63. The Morgan fingerprint density at radius 1 is 1.17 bits per heavy atom. The molecule has 0 radical (unpaired) electrons. The number of aromatic nitrogens is 2. The minimum atomic E-state index is -0.686. The molecule has 152 valence electrons. The number of aromatic amines is 1. The van der Waals surface area contributed by atoms with Gasteiger partial charge in [-0.2, -0.15) is 5.26 Å². The number of rotatable bonds is 6. The fraction of sp³-hybridized carbons (Fsp3) is 0.143. The van der Waals surface area contributed by atoms with Crippen LogP contribution in [0, 0.1) is 11.3 Å². The van der Waals surface area contributed by atoms with Crippen LogP contribution < -0.4 is 27.2 Å². The molecular formula is C21H20N6O3. The maximum Gasteiger partial charge on any atom is 0.330 e. The predicted octanol–water partition coefficient (Wildman–Crippen LogP) is 1.11. The lowest BCUT2D eigenvalue weighted by atomic mass is 10.2. The highest BCUT2D eigenvalue weighted by molar-refractivity contribution is 5.95. The van der Waals surface area contributed by atoms with E-state index in [1.807, 2.05) is 36.4 Å². The van der Waals surface area contributed by atoms with Crippen LogP contribution in [0.15, 0.2) is 64.2 Å². The van der Waals surface area contributed by atoms with Gasteiger partial charge >= 0.3 is 5.69 Å². The first-order chi connectivity index (χ1) is 14.4. The van der Waals surface area contributed by atoms with Crippen LogP contribution in [0.4, 0.5) is 17.2 Å². The van der Waals surface area contributed by atoms with Crippen molar-refractivity contribution in [1.29, 1.82) is 5.26 Å². The van der Waals surface area contributed by atoms with Crippen molar-refractivity contribution in [2.45, 2.75) is 6.54 Å². The SMILES string of the molecule is CN(CC(=O)Nc1ccccc1C#N)c1c(N)n(Cc2ccccc2)c(=O)[nH]c1=O. The second kappa shape index (κ2) is 8.79. The Balaban J connectivity index is 1.85. The predicted molar refractivity (Wildman–Crippen MR) is 114 cm³/mol. The molecule has 9 heteroatoms. The lowest BCUT2D eigenvalue weighted by Crippen LogP contribution is -2.39. The maximum atomic E-state index is 12.4. The number of nitrogens with zero attached hydrogens (tertiary/aromatic N) is 3. The molecule has 0 atom stereocenters. The van der Waals surface area contributed by atoms with Crippen molar-refractivity contribution in [3.8, 4) is 6.07 Å². The molecule has 4 N–H and O–H groups in total. The van der Waals surface area contributed by atoms with Crippen LogP contribution in [-0.4, -0.2) is 29.1 Å². The molecule has 0 aliphatic heterocycles. The van der Waals surface area contributed by atoms with Crippen molar-refractivity contribution in [3.05, 3.63) is 86.6 Å². The van der Waals surface area contributed by atoms with E-state index in [2.05, 4.69) is 10.3 Å². The molecule has 0 aliphatic carbocycles. The highest BCUT2D eigenvalue weighted by Gasteiger charge is 2.19. The van der Waals surface area contributed by atoms with Crippen molar-refractivity contribution in [2.75, 3.05) is 29.5 Å². The second-order valence-corrected chi connectivity index (χ2v) is 6.63. The van der Waals surface area contributed by atoms with Crippen LogP contribution in [0.3, 0.4) is 0 Å². The van der Waals surface area contributed by atoms with Gasteiger partial charge in [0.2, 0.25) is 5.91 Å². The molecule has 3 aromatic rings. The summed E-state index contributed by atoms with van der Waals surface area (Å²) in [6.07, 6.45) is 0. The topological polar surface area (TPSA) is 137 Å². The van der Waals surface area contributed by atoms with E-state index in [9.17, 15) is 14.4 Å². The number of carbonyl (C=O) groups is 1. The van der Waals surface area contributed by atoms with Gasteiger partial charge in [-0.1, -0.05) is 42.5 Å². The van der Waals surface area contributed by atoms with Crippen LogP contribution in [-0.2, 0) is 11.3 Å². The molecule has 30 heavy (non-hydrogen) atoms. The number of likely N-dealkylation sites (N-methyl/N-ethyl adjacent to an activating group) is 1. The Morgan fingerprint density at radius 2 is 1.83 bits per heavy atom. The summed E-state index contributed by atoms with van der Waals surface area (Å²) in [5.41, 5.74) is 6.35. The maximum absolute atomic E-state index is 12.4. The Labute approximate surface area is 172 Å². The first kappa shape index (κ1) is 20.4. The van der Waals surface area contributed by atoms with E-state index in [1.54, 1.807) is 24.3 Å². The Kier molecular flexibility index (Phi) is 5.98. The summed E-state index contributed by atoms with van der Waals surface area (Å²) in [6, 6.07) is 17.8. The minimum absolute atomic E-state index is 0.00856. The molecule has 1 amide bonds. The van der Waals surface area contributed by atoms with Gasteiger partial charge < -0.3 is 16.0 Å². The Bertz CT molecular complexity index is 1220. The molecule has 0 spiro atoms. The zero-order valence-electron chi connectivity index (χ0n) is 16.3. The number of benzene rings is 2. The molecule has 0 bridgehead atoms. The van der Waals surface area contributed by atoms with Crippen LogP contribution in [0.1, 0.15) is 11.1 Å². The molecule has 9 nitrogen and oxygen atoms in total. The molecule has 2 aromatic carbocycles. The number of hydrogen-bond acceptors (Lipinski definition) is 6. The number of anilines is 3. The highest BCUT2D eigenvalue weighted by atomic mass is 16.2. The average Bonchev–Trinajstić information content (AvgIpc) is 2.72. The van der Waals surface area contributed by atoms with E-state index in [-0.39, 0.29) is 24.6 Å². The largest absolute Gasteiger partial charge is 0.383 e. The first-order valence-electron chi connectivity index (χ1n) is 9.07. The highest BCUT2D eigenvalue weighted by Crippen LogP contribution is 2.17. The quantitative estimate of drug-likeness (QED) is 0.563. The molecule has 1 heterocycles. The molecule has 1 aromatic heterocycles. The summed E-state index contributed by atoms with van der Waals surface area (Å²) in [6.45, 7) is -0.0402. The molecule has 3 rings (SSSR count). The fourth-order valence-corrected chi connectivity index (χ4v) is 3.04. The number of amides is 1. The van der Waals surface area contributed by atoms with Crippen molar-refractivity contribution >= 4 is 23.1 Å². The molecule has 0 aliphatic rings. The standard InChI is InChI=1S/C21H20N6O3/c1-26(13-17(28)24-16-10-6-5-9-15(16)11-22)18-19(23)27(21(30)25-20(18)29)12-14-7-3-2-4-8-14/h2-10H,12-13,23H2,1H3,(H,24,28)(H,25,29,30). The van der Waals surface area contributed by atoms with E-state index in [1.165, 1.54) is 16.5 Å². The molecule has 0 fully saturated rings. The normalized spacial score (nSPS) is 10.3. The lowest BCUT2D eigenvalue weighted by Gasteiger charge is -2.21. The molecule has 0 saturated carbocycles. The van der Waals surface area contributed by atoms with Gasteiger partial charge in [-0.15, -0.1) is 0 Å². The number of hydrogen-bond donors (Lipinski definition) is 3. The van der Waals surface area contributed by atoms with Crippen LogP contribution in [0.2, 0.25) is 0 Å². The number of nitriles is 1. The lowest BCUT2D eigenvalue weighted by molar-refractivity contribution is -0.114. The summed E-state index contributed by atoms with van der Waals surface area (Å²) in [4.78, 5) is 40.7. The van der Waals surface area contributed by atoms with Crippen molar-refractivity contribution < 1.29 is 4.79 Å². The van der Waals surface area contributed by atoms with E-state index in [0.29, 0.717) is 11.3 Å². The van der Waals surface area contributed by atoms with E-state index in [4.69, 9.17) is 11.0 Å². The summed E-state index contributed by atoms with van der Waals surface area (Å²) < 4.78 is 1.24. The van der Waals surface area contributed by atoms with Crippen LogP contribution >= 0.6 is 0 Å². The monoisotopic (exact) mass is 404 g/mol. The van der Waals surface area contributed by atoms with Gasteiger partial charge in [-0.25, -0.2) is 4.79 Å². The van der Waals surface area contributed by atoms with Gasteiger partial charge in [-0.05, 0) is 17.7 Å². The number of nitrogens with one attached hydrogen (secondary N) is 2. The van der Waals surface area contributed by atoms with Gasteiger partial charge in [0.05, 0.1) is 24.3 Å². The summed E-state index contributed by atoms with van der Waals surface area (Å²) in [5, 5.41) is 11.8. The molecule has 0 saturated heterocycles. The Hall–Kier alpha value is -4.32. The van der Waals surface area contributed by atoms with Gasteiger partial charge in [0, 0.05) is 7.05 Å². The number of para-hydroxylation sites is 1. The van der Waals surface area contributed by atoms with Crippen LogP contribution in [0.5, 0.6) is 0 Å². The fourth-order valence-electron chi connectivity index (χ4n) is 3.04. The van der Waals surface area contributed by atoms with E-state index < -0.39 is 17.2 Å². The van der Waals surface area contributed by atoms with Gasteiger partial charge in [0.15, 0.2) is 0 Å². The average molecular weight is 404 g/mol. The number of nitrogens with two attached hydrogens (primary N) is 1. The third kappa shape index (κ3) is 4.39. The van der Waals surface area contributed by atoms with Gasteiger partial charge in [0.1, 0.15) is 17.6 Å². The zero-order chi connectivity index (χ0) is 21.7. The smallest absolute Gasteiger partial charge is 0.330 e. The van der Waals surface area contributed by atoms with Crippen molar-refractivity contribution in [1.82, 2.24) is 9.55 Å². The van der Waals surface area contributed by atoms with E-state index in [0.717, 1.165) is 5.56 Å². The van der Waals surface area contributed by atoms with Gasteiger partial charge in [-0.3, -0.25) is 19.1 Å². The van der Waals surface area contributed by atoms with Crippen molar-refractivity contribution in [2.24, 2.45) is 0 Å². The Morgan fingerprint density at radius 3 is 2.53 bits per heavy atom. The zero-order valence-corrected chi connectivity index (χ0v) is 16.3. The molecule has 0 unspecified atom stereocenters. The van der Waals surface area contributed by atoms with Crippen molar-refractivity contribution in [3.63, 3.8) is 0 Å². The third-order valence-corrected chi connectivity index (χ3v) is 4.48.